The minimum atomic E-state index is -0.504. The molecule has 0 aliphatic heterocycles. The summed E-state index contributed by atoms with van der Waals surface area (Å²) in [6.07, 6.45) is 3.99. The first kappa shape index (κ1) is 16.1. The van der Waals surface area contributed by atoms with E-state index in [9.17, 15) is 10.1 Å². The van der Waals surface area contributed by atoms with Crippen molar-refractivity contribution in [1.29, 1.82) is 0 Å². The number of ether oxygens (including phenoxy) is 1. The SMILES string of the molecule is CCCNc1ncnc(OCCCC(C)C)c1[N+](=O)[O-]. The van der Waals surface area contributed by atoms with Crippen molar-refractivity contribution in [2.45, 2.75) is 40.0 Å². The van der Waals surface area contributed by atoms with Gasteiger partial charge in [0.25, 0.3) is 5.88 Å². The molecule has 1 heterocycles. The Hall–Kier alpha value is -1.92. The second kappa shape index (κ2) is 8.29. The smallest absolute Gasteiger partial charge is 0.372 e. The highest BCUT2D eigenvalue weighted by atomic mass is 16.6. The number of hydrogen-bond donors (Lipinski definition) is 1. The van der Waals surface area contributed by atoms with Gasteiger partial charge in [-0.15, -0.1) is 0 Å². The summed E-state index contributed by atoms with van der Waals surface area (Å²) in [5.74, 6) is 0.832. The molecule has 0 saturated carbocycles. The highest BCUT2D eigenvalue weighted by molar-refractivity contribution is 5.60. The van der Waals surface area contributed by atoms with Crippen LogP contribution in [0.25, 0.3) is 0 Å². The number of nitrogens with zero attached hydrogens (tertiary/aromatic N) is 3. The average Bonchev–Trinajstić information content (AvgIpc) is 2.40. The monoisotopic (exact) mass is 282 g/mol. The first-order chi connectivity index (χ1) is 9.56. The van der Waals surface area contributed by atoms with Gasteiger partial charge in [-0.05, 0) is 25.2 Å². The third-order valence-electron chi connectivity index (χ3n) is 2.68. The standard InChI is InChI=1S/C13H22N4O3/c1-4-7-14-12-11(17(18)19)13(16-9-15-12)20-8-5-6-10(2)3/h9-10H,4-8H2,1-3H3,(H,14,15,16). The molecule has 0 spiro atoms. The lowest BCUT2D eigenvalue weighted by atomic mass is 10.1. The molecule has 112 valence electrons. The molecule has 0 bridgehead atoms. The number of aromatic nitrogens is 2. The van der Waals surface area contributed by atoms with Gasteiger partial charge >= 0.3 is 5.69 Å². The van der Waals surface area contributed by atoms with E-state index in [0.29, 0.717) is 19.1 Å². The van der Waals surface area contributed by atoms with Crippen LogP contribution in [0.1, 0.15) is 40.0 Å². The van der Waals surface area contributed by atoms with E-state index in [4.69, 9.17) is 4.74 Å². The van der Waals surface area contributed by atoms with Gasteiger partial charge in [0.1, 0.15) is 6.33 Å². The lowest BCUT2D eigenvalue weighted by molar-refractivity contribution is -0.385. The fourth-order valence-electron chi connectivity index (χ4n) is 1.67. The molecule has 7 nitrogen and oxygen atoms in total. The Morgan fingerprint density at radius 2 is 2.20 bits per heavy atom. The van der Waals surface area contributed by atoms with E-state index in [0.717, 1.165) is 19.3 Å². The topological polar surface area (TPSA) is 90.2 Å². The summed E-state index contributed by atoms with van der Waals surface area (Å²) in [5, 5.41) is 14.1. The molecule has 0 radical (unpaired) electrons. The molecular weight excluding hydrogens is 260 g/mol. The van der Waals surface area contributed by atoms with Crippen molar-refractivity contribution in [2.24, 2.45) is 5.92 Å². The van der Waals surface area contributed by atoms with Crippen LogP contribution in [0.3, 0.4) is 0 Å². The Bertz CT molecular complexity index is 438. The Morgan fingerprint density at radius 1 is 1.45 bits per heavy atom. The van der Waals surface area contributed by atoms with Gasteiger partial charge in [0, 0.05) is 6.54 Å². The van der Waals surface area contributed by atoms with Crippen LogP contribution in [0, 0.1) is 16.0 Å². The van der Waals surface area contributed by atoms with Crippen LogP contribution in [0.5, 0.6) is 5.88 Å². The van der Waals surface area contributed by atoms with Crippen LogP contribution in [0.15, 0.2) is 6.33 Å². The molecule has 1 N–H and O–H groups in total. The van der Waals surface area contributed by atoms with Crippen molar-refractivity contribution in [3.8, 4) is 5.88 Å². The first-order valence-electron chi connectivity index (χ1n) is 6.92. The molecule has 0 aromatic carbocycles. The van der Waals surface area contributed by atoms with Gasteiger partial charge in [-0.3, -0.25) is 10.1 Å². The van der Waals surface area contributed by atoms with Crippen LogP contribution in [-0.2, 0) is 0 Å². The molecule has 0 atom stereocenters. The fraction of sp³-hybridized carbons (Fsp3) is 0.692. The first-order valence-corrected chi connectivity index (χ1v) is 6.92. The molecule has 0 saturated heterocycles. The quantitative estimate of drug-likeness (QED) is 0.425. The van der Waals surface area contributed by atoms with Gasteiger partial charge < -0.3 is 10.1 Å². The van der Waals surface area contributed by atoms with Crippen LogP contribution in [0.4, 0.5) is 11.5 Å². The summed E-state index contributed by atoms with van der Waals surface area (Å²) in [5.41, 5.74) is -0.189. The number of nitrogens with one attached hydrogen (secondary N) is 1. The molecule has 0 aliphatic carbocycles. The van der Waals surface area contributed by atoms with Crippen LogP contribution < -0.4 is 10.1 Å². The molecular formula is C13H22N4O3. The van der Waals surface area contributed by atoms with E-state index < -0.39 is 4.92 Å². The van der Waals surface area contributed by atoms with E-state index in [1.54, 1.807) is 0 Å². The van der Waals surface area contributed by atoms with Crippen LogP contribution in [0.2, 0.25) is 0 Å². The van der Waals surface area contributed by atoms with Gasteiger partial charge in [0.15, 0.2) is 0 Å². The predicted molar refractivity (Wildman–Crippen MR) is 77.0 cm³/mol. The Morgan fingerprint density at radius 3 is 2.80 bits per heavy atom. The third-order valence-corrected chi connectivity index (χ3v) is 2.68. The lowest BCUT2D eigenvalue weighted by Gasteiger charge is -2.09. The van der Waals surface area contributed by atoms with E-state index in [1.165, 1.54) is 6.33 Å². The summed E-state index contributed by atoms with van der Waals surface area (Å²) in [6.45, 7) is 7.26. The van der Waals surface area contributed by atoms with E-state index in [-0.39, 0.29) is 17.4 Å². The predicted octanol–water partition coefficient (Wildman–Crippen LogP) is 3.02. The van der Waals surface area contributed by atoms with Crippen molar-refractivity contribution in [2.75, 3.05) is 18.5 Å². The fourth-order valence-corrected chi connectivity index (χ4v) is 1.67. The van der Waals surface area contributed by atoms with Gasteiger partial charge in [-0.1, -0.05) is 20.8 Å². The number of anilines is 1. The molecule has 1 rings (SSSR count). The Balaban J connectivity index is 2.76. The average molecular weight is 282 g/mol. The van der Waals surface area contributed by atoms with E-state index in [1.807, 2.05) is 6.92 Å². The zero-order valence-electron chi connectivity index (χ0n) is 12.3. The molecule has 0 unspecified atom stereocenters. The summed E-state index contributed by atoms with van der Waals surface area (Å²) in [7, 11) is 0. The van der Waals surface area contributed by atoms with Crippen LogP contribution in [-0.4, -0.2) is 28.0 Å². The molecule has 1 aromatic rings. The zero-order chi connectivity index (χ0) is 15.0. The maximum absolute atomic E-state index is 11.2. The minimum Gasteiger partial charge on any atom is -0.473 e. The minimum absolute atomic E-state index is 0.0346. The maximum Gasteiger partial charge on any atom is 0.372 e. The lowest BCUT2D eigenvalue weighted by Crippen LogP contribution is -2.09. The molecule has 0 amide bonds. The van der Waals surface area contributed by atoms with Crippen molar-refractivity contribution < 1.29 is 9.66 Å². The van der Waals surface area contributed by atoms with E-state index >= 15 is 0 Å². The maximum atomic E-state index is 11.2. The molecule has 7 heteroatoms. The highest BCUT2D eigenvalue weighted by Gasteiger charge is 2.24. The number of hydrogen-bond acceptors (Lipinski definition) is 6. The van der Waals surface area contributed by atoms with Gasteiger partial charge in [0.2, 0.25) is 5.82 Å². The number of nitro groups is 1. The largest absolute Gasteiger partial charge is 0.473 e. The normalized spacial score (nSPS) is 10.6. The van der Waals surface area contributed by atoms with Crippen molar-refractivity contribution in [3.05, 3.63) is 16.4 Å². The molecule has 1 aromatic heterocycles. The third kappa shape index (κ3) is 4.99. The summed E-state index contributed by atoms with van der Waals surface area (Å²) in [4.78, 5) is 18.4. The molecule has 0 fully saturated rings. The van der Waals surface area contributed by atoms with Crippen molar-refractivity contribution in [1.82, 2.24) is 9.97 Å². The molecule has 0 aliphatic rings. The second-order valence-electron chi connectivity index (χ2n) is 4.94. The van der Waals surface area contributed by atoms with Crippen LogP contribution >= 0.6 is 0 Å². The summed E-state index contributed by atoms with van der Waals surface area (Å²) in [6, 6.07) is 0. The second-order valence-corrected chi connectivity index (χ2v) is 4.94. The summed E-state index contributed by atoms with van der Waals surface area (Å²) >= 11 is 0. The molecule has 20 heavy (non-hydrogen) atoms. The van der Waals surface area contributed by atoms with E-state index in [2.05, 4.69) is 29.1 Å². The zero-order valence-corrected chi connectivity index (χ0v) is 12.3. The summed E-state index contributed by atoms with van der Waals surface area (Å²) < 4.78 is 5.44. The Kier molecular flexibility index (Phi) is 6.69. The highest BCUT2D eigenvalue weighted by Crippen LogP contribution is 2.30. The van der Waals surface area contributed by atoms with Gasteiger partial charge in [-0.2, -0.15) is 4.98 Å². The number of rotatable bonds is 9. The van der Waals surface area contributed by atoms with Crippen molar-refractivity contribution in [3.63, 3.8) is 0 Å². The van der Waals surface area contributed by atoms with Gasteiger partial charge in [0.05, 0.1) is 11.5 Å². The van der Waals surface area contributed by atoms with Gasteiger partial charge in [-0.25, -0.2) is 4.98 Å². The Labute approximate surface area is 118 Å². The van der Waals surface area contributed by atoms with Crippen molar-refractivity contribution >= 4 is 11.5 Å².